The van der Waals surface area contributed by atoms with Crippen LogP contribution in [-0.4, -0.2) is 35.7 Å². The van der Waals surface area contributed by atoms with Crippen molar-refractivity contribution in [3.8, 4) is 0 Å². The van der Waals surface area contributed by atoms with Crippen molar-refractivity contribution in [1.29, 1.82) is 0 Å². The quantitative estimate of drug-likeness (QED) is 0.874. The lowest BCUT2D eigenvalue weighted by Crippen LogP contribution is -2.58. The standard InChI is InChI=1S/C21H24F2N2O2/c1-12-3-2-4-16(17(12)18(26)25-10-21(22,23)11-25)24-19(27)20-8-13-5-14(9-20)7-15(20)6-13/h2-4,13-15H,5-11H2,1H3,(H,24,27). The molecule has 4 saturated carbocycles. The highest BCUT2D eigenvalue weighted by Gasteiger charge is 2.61. The number of halogens is 2. The highest BCUT2D eigenvalue weighted by molar-refractivity contribution is 6.06. The van der Waals surface area contributed by atoms with Gasteiger partial charge in [-0.2, -0.15) is 0 Å². The number of benzene rings is 1. The van der Waals surface area contributed by atoms with Gasteiger partial charge in [-0.1, -0.05) is 12.1 Å². The van der Waals surface area contributed by atoms with Crippen molar-refractivity contribution in [2.45, 2.75) is 45.0 Å². The van der Waals surface area contributed by atoms with Crippen molar-refractivity contribution in [1.82, 2.24) is 4.90 Å². The summed E-state index contributed by atoms with van der Waals surface area (Å²) in [4.78, 5) is 27.2. The lowest BCUT2D eigenvalue weighted by atomic mass is 9.75. The molecule has 4 bridgehead atoms. The van der Waals surface area contributed by atoms with E-state index < -0.39 is 24.9 Å². The Bertz CT molecular complexity index is 815. The van der Waals surface area contributed by atoms with Gasteiger partial charge in [-0.05, 0) is 68.4 Å². The molecule has 1 saturated heterocycles. The Hall–Kier alpha value is -1.98. The molecule has 4 nitrogen and oxygen atoms in total. The van der Waals surface area contributed by atoms with Crippen LogP contribution in [0.3, 0.4) is 0 Å². The molecule has 2 unspecified atom stereocenters. The van der Waals surface area contributed by atoms with Crippen LogP contribution in [0.1, 0.15) is 48.0 Å². The number of aryl methyl sites for hydroxylation is 1. The molecule has 6 heteroatoms. The Kier molecular flexibility index (Phi) is 3.50. The van der Waals surface area contributed by atoms with Gasteiger partial charge in [0.25, 0.3) is 11.8 Å². The number of carbonyl (C=O) groups is 2. The lowest BCUT2D eigenvalue weighted by Gasteiger charge is -2.39. The summed E-state index contributed by atoms with van der Waals surface area (Å²) in [6.45, 7) is 0.675. The van der Waals surface area contributed by atoms with Crippen molar-refractivity contribution in [2.24, 2.45) is 23.2 Å². The average Bonchev–Trinajstić information content (AvgIpc) is 2.97. The maximum atomic E-state index is 13.3. The third-order valence-electron chi connectivity index (χ3n) is 7.31. The molecule has 2 atom stereocenters. The minimum Gasteiger partial charge on any atom is -0.326 e. The van der Waals surface area contributed by atoms with Crippen LogP contribution in [0.2, 0.25) is 0 Å². The Morgan fingerprint density at radius 2 is 1.78 bits per heavy atom. The van der Waals surface area contributed by atoms with Gasteiger partial charge in [-0.25, -0.2) is 8.78 Å². The fourth-order valence-corrected chi connectivity index (χ4v) is 6.28. The molecular weight excluding hydrogens is 350 g/mol. The first-order valence-corrected chi connectivity index (χ1v) is 9.86. The molecule has 4 aliphatic carbocycles. The zero-order valence-corrected chi connectivity index (χ0v) is 15.4. The SMILES string of the molecule is Cc1cccc(NC(=O)C23CC4CC(CC2C4)C3)c1C(=O)N1CC(F)(F)C1. The highest BCUT2D eigenvalue weighted by Crippen LogP contribution is 2.65. The van der Waals surface area contributed by atoms with E-state index in [1.807, 2.05) is 0 Å². The highest BCUT2D eigenvalue weighted by atomic mass is 19.3. The van der Waals surface area contributed by atoms with E-state index in [1.165, 1.54) is 6.42 Å². The summed E-state index contributed by atoms with van der Waals surface area (Å²) in [6, 6.07) is 5.29. The van der Waals surface area contributed by atoms with Crippen molar-refractivity contribution in [3.63, 3.8) is 0 Å². The molecule has 0 spiro atoms. The van der Waals surface area contributed by atoms with Crippen LogP contribution in [0.15, 0.2) is 18.2 Å². The lowest BCUT2D eigenvalue weighted by molar-refractivity contribution is -0.127. The van der Waals surface area contributed by atoms with Crippen LogP contribution in [0.25, 0.3) is 0 Å². The number of anilines is 1. The summed E-state index contributed by atoms with van der Waals surface area (Å²) in [7, 11) is 0. The molecule has 2 amide bonds. The zero-order chi connectivity index (χ0) is 19.0. The molecule has 144 valence electrons. The van der Waals surface area contributed by atoms with Crippen LogP contribution in [-0.2, 0) is 4.79 Å². The van der Waals surface area contributed by atoms with Gasteiger partial charge in [-0.15, -0.1) is 0 Å². The minimum absolute atomic E-state index is 0.0192. The normalized spacial score (nSPS) is 35.2. The topological polar surface area (TPSA) is 49.4 Å². The molecule has 1 aliphatic heterocycles. The van der Waals surface area contributed by atoms with Crippen molar-refractivity contribution in [3.05, 3.63) is 29.3 Å². The van der Waals surface area contributed by atoms with Crippen molar-refractivity contribution < 1.29 is 18.4 Å². The molecule has 0 radical (unpaired) electrons. The number of carbonyl (C=O) groups excluding carboxylic acids is 2. The summed E-state index contributed by atoms with van der Waals surface area (Å²) in [5.41, 5.74) is 1.21. The largest absolute Gasteiger partial charge is 0.326 e. The second-order valence-electron chi connectivity index (χ2n) is 9.17. The molecule has 0 aromatic heterocycles. The fourth-order valence-electron chi connectivity index (χ4n) is 6.28. The van der Waals surface area contributed by atoms with Gasteiger partial charge in [-0.3, -0.25) is 9.59 Å². The summed E-state index contributed by atoms with van der Waals surface area (Å²) >= 11 is 0. The Morgan fingerprint density at radius 3 is 2.41 bits per heavy atom. The third kappa shape index (κ3) is 2.52. The smallest absolute Gasteiger partial charge is 0.282 e. The van der Waals surface area contributed by atoms with Gasteiger partial charge in [0.05, 0.1) is 29.8 Å². The predicted octanol–water partition coefficient (Wildman–Crippen LogP) is 3.85. The van der Waals surface area contributed by atoms with E-state index in [9.17, 15) is 18.4 Å². The maximum Gasteiger partial charge on any atom is 0.282 e. The number of alkyl halides is 2. The van der Waals surface area contributed by atoms with E-state index in [4.69, 9.17) is 0 Å². The van der Waals surface area contributed by atoms with Gasteiger partial charge in [0.2, 0.25) is 5.91 Å². The second-order valence-corrected chi connectivity index (χ2v) is 9.17. The first-order chi connectivity index (χ1) is 12.8. The number of amides is 2. The zero-order valence-electron chi connectivity index (χ0n) is 15.4. The summed E-state index contributed by atoms with van der Waals surface area (Å²) in [5.74, 6) is -1.43. The van der Waals surface area contributed by atoms with E-state index in [0.717, 1.165) is 30.6 Å². The number of nitrogens with zero attached hydrogens (tertiary/aromatic N) is 1. The van der Waals surface area contributed by atoms with Crippen molar-refractivity contribution in [2.75, 3.05) is 18.4 Å². The summed E-state index contributed by atoms with van der Waals surface area (Å²) in [6.07, 6.45) is 5.45. The molecule has 27 heavy (non-hydrogen) atoms. The first-order valence-electron chi connectivity index (χ1n) is 9.86. The monoisotopic (exact) mass is 374 g/mol. The molecule has 6 rings (SSSR count). The van der Waals surface area contributed by atoms with E-state index >= 15 is 0 Å². The van der Waals surface area contributed by atoms with Gasteiger partial charge in [0, 0.05) is 0 Å². The average molecular weight is 374 g/mol. The Labute approximate surface area is 157 Å². The second kappa shape index (κ2) is 5.52. The number of nitrogens with one attached hydrogen (secondary N) is 1. The molecule has 1 aromatic rings. The summed E-state index contributed by atoms with van der Waals surface area (Å²) < 4.78 is 26.4. The van der Waals surface area contributed by atoms with Gasteiger partial charge >= 0.3 is 0 Å². The van der Waals surface area contributed by atoms with E-state index in [2.05, 4.69) is 5.32 Å². The van der Waals surface area contributed by atoms with Gasteiger partial charge in [0.15, 0.2) is 0 Å². The summed E-state index contributed by atoms with van der Waals surface area (Å²) in [5, 5.41) is 3.03. The number of likely N-dealkylation sites (tertiary alicyclic amines) is 1. The van der Waals surface area contributed by atoms with Crippen LogP contribution >= 0.6 is 0 Å². The Morgan fingerprint density at radius 1 is 1.11 bits per heavy atom. The number of hydrogen-bond acceptors (Lipinski definition) is 2. The van der Waals surface area contributed by atoms with Crippen LogP contribution in [0.4, 0.5) is 14.5 Å². The fraction of sp³-hybridized carbons (Fsp3) is 0.619. The third-order valence-corrected chi connectivity index (χ3v) is 7.31. The molecular formula is C21H24F2N2O2. The van der Waals surface area contributed by atoms with Crippen LogP contribution in [0.5, 0.6) is 0 Å². The molecule has 5 aliphatic rings. The van der Waals surface area contributed by atoms with Gasteiger partial charge < -0.3 is 10.2 Å². The van der Waals surface area contributed by atoms with E-state index in [-0.39, 0.29) is 11.3 Å². The Balaban J connectivity index is 1.41. The number of rotatable bonds is 3. The molecule has 5 fully saturated rings. The van der Waals surface area contributed by atoms with Gasteiger partial charge in [0.1, 0.15) is 0 Å². The maximum absolute atomic E-state index is 13.3. The van der Waals surface area contributed by atoms with Crippen LogP contribution < -0.4 is 5.32 Å². The number of hydrogen-bond donors (Lipinski definition) is 1. The predicted molar refractivity (Wildman–Crippen MR) is 96.6 cm³/mol. The van der Waals surface area contributed by atoms with Crippen LogP contribution in [0, 0.1) is 30.1 Å². The van der Waals surface area contributed by atoms with Crippen molar-refractivity contribution >= 4 is 17.5 Å². The van der Waals surface area contributed by atoms with E-state index in [1.54, 1.807) is 25.1 Å². The molecule has 1 N–H and O–H groups in total. The first kappa shape index (κ1) is 17.1. The van der Waals surface area contributed by atoms with E-state index in [0.29, 0.717) is 34.6 Å². The molecule has 1 aromatic carbocycles. The minimum atomic E-state index is -2.80. The molecule has 1 heterocycles.